The van der Waals surface area contributed by atoms with Crippen LogP contribution in [0.4, 0.5) is 4.39 Å². The predicted molar refractivity (Wildman–Crippen MR) is 114 cm³/mol. The number of ether oxygens (including phenoxy) is 1. The molecule has 0 radical (unpaired) electrons. The van der Waals surface area contributed by atoms with Crippen LogP contribution in [-0.2, 0) is 19.3 Å². The Morgan fingerprint density at radius 3 is 2.79 bits per heavy atom. The molecule has 0 bridgehead atoms. The third kappa shape index (κ3) is 2.96. The standard InChI is InChI=1S/C22H17FIN3O/c23-18-7-8-19-16(10-11-28-19)15(18)6-9-20-25-12-17(14-4-2-1-3-5-14)21-22(24)26-13-27(20)21/h1-5,7-8,12-13H,6,9-11H2. The SMILES string of the molecule is Fc1ccc2c(c1CCc1ncc(-c3ccccc3)c3c(I)ncn13)CCO2. The molecule has 4 aromatic rings. The molecule has 0 N–H and O–H groups in total. The van der Waals surface area contributed by atoms with Crippen LogP contribution in [0.15, 0.2) is 55.0 Å². The van der Waals surface area contributed by atoms with Crippen molar-refractivity contribution in [1.82, 2.24) is 14.4 Å². The van der Waals surface area contributed by atoms with E-state index in [1.54, 1.807) is 12.4 Å². The maximum atomic E-state index is 14.5. The molecule has 0 atom stereocenters. The van der Waals surface area contributed by atoms with Crippen molar-refractivity contribution in [2.75, 3.05) is 6.61 Å². The van der Waals surface area contributed by atoms with Gasteiger partial charge in [-0.05, 0) is 52.3 Å². The summed E-state index contributed by atoms with van der Waals surface area (Å²) in [5, 5.41) is 0. The molecule has 3 heterocycles. The smallest absolute Gasteiger partial charge is 0.127 e. The number of hydrogen-bond donors (Lipinski definition) is 0. The van der Waals surface area contributed by atoms with E-state index in [1.807, 2.05) is 28.8 Å². The second kappa shape index (κ2) is 7.16. The van der Waals surface area contributed by atoms with Gasteiger partial charge in [-0.25, -0.2) is 14.4 Å². The van der Waals surface area contributed by atoms with Crippen molar-refractivity contribution in [1.29, 1.82) is 0 Å². The Hall–Kier alpha value is -2.48. The maximum Gasteiger partial charge on any atom is 0.127 e. The number of fused-ring (bicyclic) bond motifs is 2. The average molecular weight is 485 g/mol. The van der Waals surface area contributed by atoms with Crippen LogP contribution in [0.5, 0.6) is 5.75 Å². The minimum atomic E-state index is -0.165. The van der Waals surface area contributed by atoms with Gasteiger partial charge in [0.2, 0.25) is 0 Å². The second-order valence-electron chi connectivity index (χ2n) is 6.81. The van der Waals surface area contributed by atoms with Crippen LogP contribution in [-0.4, -0.2) is 21.0 Å². The molecule has 0 amide bonds. The molecule has 0 fully saturated rings. The van der Waals surface area contributed by atoms with Crippen LogP contribution in [0.25, 0.3) is 16.6 Å². The Morgan fingerprint density at radius 2 is 1.93 bits per heavy atom. The summed E-state index contributed by atoms with van der Waals surface area (Å²) in [5.41, 5.74) is 4.93. The van der Waals surface area contributed by atoms with Crippen molar-refractivity contribution in [3.8, 4) is 16.9 Å². The molecule has 1 aliphatic heterocycles. The summed E-state index contributed by atoms with van der Waals surface area (Å²) in [7, 11) is 0. The summed E-state index contributed by atoms with van der Waals surface area (Å²) in [6.45, 7) is 0.625. The number of hydrogen-bond acceptors (Lipinski definition) is 3. The lowest BCUT2D eigenvalue weighted by atomic mass is 10.00. The van der Waals surface area contributed by atoms with Crippen LogP contribution in [0, 0.1) is 9.52 Å². The number of imidazole rings is 1. The van der Waals surface area contributed by atoms with Crippen LogP contribution >= 0.6 is 22.6 Å². The highest BCUT2D eigenvalue weighted by Crippen LogP contribution is 2.32. The molecule has 6 heteroatoms. The molecule has 0 saturated heterocycles. The molecule has 0 spiro atoms. The highest BCUT2D eigenvalue weighted by atomic mass is 127. The lowest BCUT2D eigenvalue weighted by molar-refractivity contribution is 0.356. The van der Waals surface area contributed by atoms with E-state index in [9.17, 15) is 4.39 Å². The zero-order chi connectivity index (χ0) is 19.1. The van der Waals surface area contributed by atoms with Crippen LogP contribution < -0.4 is 4.74 Å². The van der Waals surface area contributed by atoms with E-state index in [0.717, 1.165) is 49.5 Å². The predicted octanol–water partition coefficient (Wildman–Crippen LogP) is 4.86. The molecule has 28 heavy (non-hydrogen) atoms. The number of nitrogens with zero attached hydrogens (tertiary/aromatic N) is 3. The summed E-state index contributed by atoms with van der Waals surface area (Å²) < 4.78 is 23.0. The van der Waals surface area contributed by atoms with E-state index in [1.165, 1.54) is 6.07 Å². The third-order valence-electron chi connectivity index (χ3n) is 5.22. The lowest BCUT2D eigenvalue weighted by Gasteiger charge is -2.11. The molecular formula is C22H17FIN3O. The van der Waals surface area contributed by atoms with Gasteiger partial charge in [0, 0.05) is 30.2 Å². The Bertz CT molecular complexity index is 1170. The third-order valence-corrected chi connectivity index (χ3v) is 6.01. The Balaban J connectivity index is 1.53. The number of halogens is 2. The normalized spacial score (nSPS) is 12.9. The molecule has 0 unspecified atom stereocenters. The van der Waals surface area contributed by atoms with Gasteiger partial charge in [-0.3, -0.25) is 4.40 Å². The van der Waals surface area contributed by atoms with E-state index in [2.05, 4.69) is 39.7 Å². The fourth-order valence-corrected chi connectivity index (χ4v) is 4.54. The molecule has 2 aromatic heterocycles. The number of benzene rings is 2. The van der Waals surface area contributed by atoms with Crippen molar-refractivity contribution >= 4 is 28.1 Å². The number of aryl methyl sites for hydroxylation is 1. The molecule has 1 aliphatic rings. The average Bonchev–Trinajstić information content (AvgIpc) is 3.35. The molecule has 0 aliphatic carbocycles. The first-order chi connectivity index (χ1) is 13.7. The topological polar surface area (TPSA) is 39.4 Å². The van der Waals surface area contributed by atoms with E-state index in [0.29, 0.717) is 19.4 Å². The largest absolute Gasteiger partial charge is 0.493 e. The van der Waals surface area contributed by atoms with Gasteiger partial charge in [-0.15, -0.1) is 0 Å². The molecule has 5 rings (SSSR count). The van der Waals surface area contributed by atoms with Crippen molar-refractivity contribution in [2.45, 2.75) is 19.3 Å². The summed E-state index contributed by atoms with van der Waals surface area (Å²) in [6, 6.07) is 13.4. The maximum absolute atomic E-state index is 14.5. The van der Waals surface area contributed by atoms with Gasteiger partial charge < -0.3 is 4.74 Å². The summed E-state index contributed by atoms with van der Waals surface area (Å²) >= 11 is 2.26. The molecule has 0 saturated carbocycles. The first kappa shape index (κ1) is 17.6. The fraction of sp³-hybridized carbons (Fsp3) is 0.182. The zero-order valence-corrected chi connectivity index (χ0v) is 17.2. The highest BCUT2D eigenvalue weighted by Gasteiger charge is 2.20. The Labute approximate surface area is 175 Å². The quantitative estimate of drug-likeness (QED) is 0.388. The van der Waals surface area contributed by atoms with Gasteiger partial charge in [0.05, 0.1) is 12.1 Å². The van der Waals surface area contributed by atoms with Crippen LogP contribution in [0.3, 0.4) is 0 Å². The van der Waals surface area contributed by atoms with Gasteiger partial charge in [-0.2, -0.15) is 0 Å². The first-order valence-electron chi connectivity index (χ1n) is 9.21. The van der Waals surface area contributed by atoms with Crippen molar-refractivity contribution < 1.29 is 9.13 Å². The van der Waals surface area contributed by atoms with Gasteiger partial charge in [0.25, 0.3) is 0 Å². The van der Waals surface area contributed by atoms with Crippen LogP contribution in [0.2, 0.25) is 0 Å². The first-order valence-corrected chi connectivity index (χ1v) is 10.3. The van der Waals surface area contributed by atoms with Crippen molar-refractivity contribution in [3.63, 3.8) is 0 Å². The van der Waals surface area contributed by atoms with E-state index in [4.69, 9.17) is 9.72 Å². The highest BCUT2D eigenvalue weighted by molar-refractivity contribution is 14.1. The Kier molecular flexibility index (Phi) is 4.50. The van der Waals surface area contributed by atoms with Crippen molar-refractivity contribution in [3.05, 3.63) is 81.5 Å². The molecule has 2 aromatic carbocycles. The van der Waals surface area contributed by atoms with E-state index >= 15 is 0 Å². The zero-order valence-electron chi connectivity index (χ0n) is 15.0. The summed E-state index contributed by atoms with van der Waals surface area (Å²) in [5.74, 6) is 1.52. The lowest BCUT2D eigenvalue weighted by Crippen LogP contribution is -2.06. The minimum absolute atomic E-state index is 0.165. The number of aromatic nitrogens is 3. The molecular weight excluding hydrogens is 468 g/mol. The van der Waals surface area contributed by atoms with Crippen LogP contribution in [0.1, 0.15) is 17.0 Å². The van der Waals surface area contributed by atoms with Crippen molar-refractivity contribution in [2.24, 2.45) is 0 Å². The Morgan fingerprint density at radius 1 is 1.07 bits per heavy atom. The summed E-state index contributed by atoms with van der Waals surface area (Å²) in [4.78, 5) is 9.19. The second-order valence-corrected chi connectivity index (χ2v) is 7.83. The fourth-order valence-electron chi connectivity index (χ4n) is 3.86. The van der Waals surface area contributed by atoms with Gasteiger partial charge in [0.15, 0.2) is 0 Å². The monoisotopic (exact) mass is 485 g/mol. The number of rotatable bonds is 4. The van der Waals surface area contributed by atoms with Gasteiger partial charge >= 0.3 is 0 Å². The van der Waals surface area contributed by atoms with Gasteiger partial charge in [0.1, 0.15) is 27.4 Å². The van der Waals surface area contributed by atoms with Gasteiger partial charge in [-0.1, -0.05) is 30.3 Å². The van der Waals surface area contributed by atoms with E-state index < -0.39 is 0 Å². The molecule has 140 valence electrons. The summed E-state index contributed by atoms with van der Waals surface area (Å²) in [6.07, 6.45) is 5.69. The minimum Gasteiger partial charge on any atom is -0.493 e. The molecule has 4 nitrogen and oxygen atoms in total. The van der Waals surface area contributed by atoms with E-state index in [-0.39, 0.29) is 5.82 Å².